The van der Waals surface area contributed by atoms with Crippen LogP contribution in [-0.4, -0.2) is 50.8 Å². The quantitative estimate of drug-likeness (QED) is 0.909. The minimum absolute atomic E-state index is 0. The van der Waals surface area contributed by atoms with E-state index in [2.05, 4.69) is 10.2 Å². The fourth-order valence-electron chi connectivity index (χ4n) is 1.90. The highest BCUT2D eigenvalue weighted by Crippen LogP contribution is 2.22. The van der Waals surface area contributed by atoms with Crippen LogP contribution in [0, 0.1) is 0 Å². The van der Waals surface area contributed by atoms with Gasteiger partial charge in [0.1, 0.15) is 5.75 Å². The Hall–Kier alpha value is -1.30. The number of ether oxygens (including phenoxy) is 2. The van der Waals surface area contributed by atoms with Gasteiger partial charge in [0.25, 0.3) is 0 Å². The summed E-state index contributed by atoms with van der Waals surface area (Å²) in [5.41, 5.74) is 0.707. The number of benzene rings is 1. The smallest absolute Gasteiger partial charge is 0.238 e. The Labute approximate surface area is 119 Å². The first kappa shape index (κ1) is 15.8. The molecule has 1 aliphatic rings. The fourth-order valence-corrected chi connectivity index (χ4v) is 1.90. The first-order chi connectivity index (χ1) is 8.79. The van der Waals surface area contributed by atoms with Crippen molar-refractivity contribution in [2.24, 2.45) is 0 Å². The van der Waals surface area contributed by atoms with E-state index in [1.54, 1.807) is 7.11 Å². The van der Waals surface area contributed by atoms with Gasteiger partial charge >= 0.3 is 0 Å². The topological polar surface area (TPSA) is 50.8 Å². The van der Waals surface area contributed by atoms with Crippen LogP contribution in [0.4, 0.5) is 5.69 Å². The molecule has 0 atom stereocenters. The molecule has 1 N–H and O–H groups in total. The summed E-state index contributed by atoms with van der Waals surface area (Å²) in [6.07, 6.45) is 0. The molecule has 0 spiro atoms. The number of rotatable bonds is 4. The Bertz CT molecular complexity index is 409. The zero-order valence-corrected chi connectivity index (χ0v) is 11.7. The summed E-state index contributed by atoms with van der Waals surface area (Å²) >= 11 is 0. The monoisotopic (exact) mass is 286 g/mol. The van der Waals surface area contributed by atoms with Crippen molar-refractivity contribution in [3.63, 3.8) is 0 Å². The minimum Gasteiger partial charge on any atom is -0.495 e. The minimum atomic E-state index is -0.0265. The largest absolute Gasteiger partial charge is 0.495 e. The summed E-state index contributed by atoms with van der Waals surface area (Å²) in [6.45, 7) is 3.39. The van der Waals surface area contributed by atoms with Gasteiger partial charge in [-0.2, -0.15) is 0 Å². The van der Waals surface area contributed by atoms with Crippen molar-refractivity contribution in [1.29, 1.82) is 0 Å². The second kappa shape index (κ2) is 7.99. The van der Waals surface area contributed by atoms with Crippen LogP contribution in [0.25, 0.3) is 0 Å². The molecule has 0 bridgehead atoms. The van der Waals surface area contributed by atoms with E-state index in [0.29, 0.717) is 31.2 Å². The van der Waals surface area contributed by atoms with Crippen molar-refractivity contribution in [2.75, 3.05) is 45.3 Å². The lowest BCUT2D eigenvalue weighted by Gasteiger charge is -2.25. The number of methoxy groups -OCH3 is 1. The number of hydrogen-bond donors (Lipinski definition) is 1. The zero-order valence-electron chi connectivity index (χ0n) is 10.9. The molecule has 0 unspecified atom stereocenters. The highest BCUT2D eigenvalue weighted by molar-refractivity contribution is 5.93. The highest BCUT2D eigenvalue weighted by atomic mass is 35.5. The summed E-state index contributed by atoms with van der Waals surface area (Å²) < 4.78 is 10.4. The molecule has 5 nitrogen and oxygen atoms in total. The molecule has 19 heavy (non-hydrogen) atoms. The molecular formula is C13H19ClN2O3. The Morgan fingerprint density at radius 3 is 2.74 bits per heavy atom. The number of nitrogens with zero attached hydrogens (tertiary/aromatic N) is 1. The molecule has 0 aliphatic carbocycles. The third-order valence-electron chi connectivity index (χ3n) is 2.85. The first-order valence-electron chi connectivity index (χ1n) is 6.02. The van der Waals surface area contributed by atoms with E-state index < -0.39 is 0 Å². The molecule has 1 aromatic rings. The van der Waals surface area contributed by atoms with Gasteiger partial charge in [-0.15, -0.1) is 12.4 Å². The summed E-state index contributed by atoms with van der Waals surface area (Å²) in [7, 11) is 1.59. The van der Waals surface area contributed by atoms with Gasteiger partial charge in [0.2, 0.25) is 5.91 Å². The first-order valence-corrected chi connectivity index (χ1v) is 6.02. The molecule has 1 fully saturated rings. The Morgan fingerprint density at radius 2 is 2.05 bits per heavy atom. The van der Waals surface area contributed by atoms with Gasteiger partial charge in [0.15, 0.2) is 0 Å². The number of anilines is 1. The van der Waals surface area contributed by atoms with Crippen molar-refractivity contribution in [2.45, 2.75) is 0 Å². The summed E-state index contributed by atoms with van der Waals surface area (Å²) in [5.74, 6) is 0.647. The number of nitrogens with one attached hydrogen (secondary N) is 1. The van der Waals surface area contributed by atoms with E-state index in [0.717, 1.165) is 13.1 Å². The fraction of sp³-hybridized carbons (Fsp3) is 0.462. The number of para-hydroxylation sites is 2. The summed E-state index contributed by atoms with van der Waals surface area (Å²) in [5, 5.41) is 2.86. The number of halogens is 1. The van der Waals surface area contributed by atoms with E-state index in [1.165, 1.54) is 0 Å². The van der Waals surface area contributed by atoms with Gasteiger partial charge in [-0.3, -0.25) is 9.69 Å². The Kier molecular flexibility index (Phi) is 6.62. The van der Waals surface area contributed by atoms with Crippen molar-refractivity contribution in [3.05, 3.63) is 24.3 Å². The van der Waals surface area contributed by atoms with E-state index in [4.69, 9.17) is 9.47 Å². The molecule has 1 saturated heterocycles. The average Bonchev–Trinajstić information content (AvgIpc) is 2.40. The lowest BCUT2D eigenvalue weighted by molar-refractivity contribution is -0.118. The maximum atomic E-state index is 11.9. The number of carbonyl (C=O) groups is 1. The van der Waals surface area contributed by atoms with Crippen LogP contribution in [0.2, 0.25) is 0 Å². The van der Waals surface area contributed by atoms with Crippen molar-refractivity contribution < 1.29 is 14.3 Å². The van der Waals surface area contributed by atoms with E-state index >= 15 is 0 Å². The normalized spacial score (nSPS) is 15.4. The predicted octanol–water partition coefficient (Wildman–Crippen LogP) is 1.39. The summed E-state index contributed by atoms with van der Waals surface area (Å²) in [4.78, 5) is 14.0. The molecule has 0 radical (unpaired) electrons. The van der Waals surface area contributed by atoms with Gasteiger partial charge in [-0.1, -0.05) is 12.1 Å². The van der Waals surface area contributed by atoms with Crippen LogP contribution >= 0.6 is 12.4 Å². The van der Waals surface area contributed by atoms with Crippen LogP contribution < -0.4 is 10.1 Å². The molecule has 1 aromatic carbocycles. The third-order valence-corrected chi connectivity index (χ3v) is 2.85. The molecule has 106 valence electrons. The van der Waals surface area contributed by atoms with Gasteiger partial charge in [-0.05, 0) is 12.1 Å². The lowest BCUT2D eigenvalue weighted by atomic mass is 10.3. The SMILES string of the molecule is COc1ccccc1NC(=O)CN1CCOCC1.Cl. The second-order valence-electron chi connectivity index (χ2n) is 4.14. The molecule has 1 aliphatic heterocycles. The number of amides is 1. The van der Waals surface area contributed by atoms with Gasteiger partial charge in [0, 0.05) is 13.1 Å². The number of carbonyl (C=O) groups excluding carboxylic acids is 1. The van der Waals surface area contributed by atoms with Gasteiger partial charge < -0.3 is 14.8 Å². The zero-order chi connectivity index (χ0) is 12.8. The third kappa shape index (κ3) is 4.70. The summed E-state index contributed by atoms with van der Waals surface area (Å²) in [6, 6.07) is 7.39. The van der Waals surface area contributed by atoms with Gasteiger partial charge in [-0.25, -0.2) is 0 Å². The van der Waals surface area contributed by atoms with E-state index in [-0.39, 0.29) is 18.3 Å². The second-order valence-corrected chi connectivity index (χ2v) is 4.14. The molecule has 0 aromatic heterocycles. The lowest BCUT2D eigenvalue weighted by Crippen LogP contribution is -2.41. The molecule has 6 heteroatoms. The maximum Gasteiger partial charge on any atom is 0.238 e. The van der Waals surface area contributed by atoms with Crippen LogP contribution in [-0.2, 0) is 9.53 Å². The van der Waals surface area contributed by atoms with Crippen LogP contribution in [0.15, 0.2) is 24.3 Å². The van der Waals surface area contributed by atoms with Crippen molar-refractivity contribution in [3.8, 4) is 5.75 Å². The van der Waals surface area contributed by atoms with Crippen LogP contribution in [0.1, 0.15) is 0 Å². The van der Waals surface area contributed by atoms with Crippen molar-refractivity contribution >= 4 is 24.0 Å². The molecular weight excluding hydrogens is 268 g/mol. The van der Waals surface area contributed by atoms with E-state index in [9.17, 15) is 4.79 Å². The molecule has 1 amide bonds. The highest BCUT2D eigenvalue weighted by Gasteiger charge is 2.14. The Morgan fingerprint density at radius 1 is 1.37 bits per heavy atom. The Balaban J connectivity index is 0.00000180. The number of morpholine rings is 1. The maximum absolute atomic E-state index is 11.9. The average molecular weight is 287 g/mol. The van der Waals surface area contributed by atoms with Crippen molar-refractivity contribution in [1.82, 2.24) is 4.90 Å². The standard InChI is InChI=1S/C13H18N2O3.ClH/c1-17-12-5-3-2-4-11(12)14-13(16)10-15-6-8-18-9-7-15;/h2-5H,6-10H2,1H3,(H,14,16);1H. The van der Waals surface area contributed by atoms with Gasteiger partial charge in [0.05, 0.1) is 32.6 Å². The molecule has 2 rings (SSSR count). The van der Waals surface area contributed by atoms with E-state index in [1.807, 2.05) is 24.3 Å². The molecule has 0 saturated carbocycles. The number of hydrogen-bond acceptors (Lipinski definition) is 4. The van der Waals surface area contributed by atoms with Crippen LogP contribution in [0.3, 0.4) is 0 Å². The predicted molar refractivity (Wildman–Crippen MR) is 76.1 cm³/mol. The molecule has 1 heterocycles. The van der Waals surface area contributed by atoms with Crippen LogP contribution in [0.5, 0.6) is 5.75 Å².